The first-order chi connectivity index (χ1) is 16.4. The number of nitrogens with one attached hydrogen (secondary N) is 1. The van der Waals surface area contributed by atoms with E-state index in [2.05, 4.69) is 10.5 Å². The van der Waals surface area contributed by atoms with E-state index in [1.165, 1.54) is 6.21 Å². The van der Waals surface area contributed by atoms with Crippen molar-refractivity contribution in [3.05, 3.63) is 110 Å². The zero-order chi connectivity index (χ0) is 24.1. The number of benzene rings is 3. The lowest BCUT2D eigenvalue weighted by Gasteiger charge is -2.08. The number of rotatable bonds is 7. The van der Waals surface area contributed by atoms with E-state index < -0.39 is 0 Å². The van der Waals surface area contributed by atoms with E-state index in [0.717, 1.165) is 5.56 Å². The molecule has 0 spiro atoms. The second-order valence-corrected chi connectivity index (χ2v) is 8.74. The van der Waals surface area contributed by atoms with Crippen LogP contribution in [0.5, 0.6) is 5.75 Å². The van der Waals surface area contributed by atoms with Gasteiger partial charge in [0.2, 0.25) is 0 Å². The van der Waals surface area contributed by atoms with E-state index in [9.17, 15) is 4.79 Å². The molecule has 0 atom stereocenters. The van der Waals surface area contributed by atoms with Gasteiger partial charge in [0.1, 0.15) is 23.9 Å². The zero-order valence-electron chi connectivity index (χ0n) is 17.4. The quantitative estimate of drug-likeness (QED) is 0.194. The fraction of sp³-hybridized carbons (Fsp3) is 0.0400. The number of carbonyl (C=O) groups is 1. The first kappa shape index (κ1) is 24.2. The molecule has 0 fully saturated rings. The maximum absolute atomic E-state index is 12.3. The first-order valence-electron chi connectivity index (χ1n) is 9.94. The minimum absolute atomic E-state index is 0.319. The van der Waals surface area contributed by atoms with Crippen LogP contribution < -0.4 is 10.2 Å². The summed E-state index contributed by atoms with van der Waals surface area (Å²) >= 11 is 24.1. The fourth-order valence-electron chi connectivity index (χ4n) is 2.97. The minimum Gasteiger partial charge on any atom is -0.489 e. The molecule has 34 heavy (non-hydrogen) atoms. The molecule has 9 heteroatoms. The Labute approximate surface area is 215 Å². The van der Waals surface area contributed by atoms with E-state index in [-0.39, 0.29) is 5.91 Å². The van der Waals surface area contributed by atoms with Crippen molar-refractivity contribution < 1.29 is 13.9 Å². The molecule has 172 valence electrons. The Morgan fingerprint density at radius 1 is 0.882 bits per heavy atom. The monoisotopic (exact) mass is 532 g/mol. The molecule has 4 aromatic rings. The highest BCUT2D eigenvalue weighted by molar-refractivity contribution is 6.42. The number of halogens is 4. The number of furan rings is 1. The third-order valence-electron chi connectivity index (χ3n) is 4.69. The Bertz CT molecular complexity index is 1350. The van der Waals surface area contributed by atoms with Gasteiger partial charge in [-0.2, -0.15) is 5.10 Å². The van der Waals surface area contributed by atoms with Crippen LogP contribution in [0.15, 0.2) is 82.3 Å². The van der Waals surface area contributed by atoms with Crippen LogP contribution in [-0.4, -0.2) is 12.1 Å². The van der Waals surface area contributed by atoms with Gasteiger partial charge in [-0.05, 0) is 72.3 Å². The SMILES string of the molecule is O=C(N/N=C/c1ccc(-c2ccc(Cl)cc2Cl)o1)c1ccc(OCc2ccc(Cl)c(Cl)c2)cc1. The molecule has 1 amide bonds. The van der Waals surface area contributed by atoms with Gasteiger partial charge < -0.3 is 9.15 Å². The van der Waals surface area contributed by atoms with Crippen LogP contribution in [0.3, 0.4) is 0 Å². The molecule has 5 nitrogen and oxygen atoms in total. The van der Waals surface area contributed by atoms with Gasteiger partial charge in [0.25, 0.3) is 5.91 Å². The minimum atomic E-state index is -0.375. The van der Waals surface area contributed by atoms with Crippen LogP contribution >= 0.6 is 46.4 Å². The van der Waals surface area contributed by atoms with Gasteiger partial charge in [-0.25, -0.2) is 5.43 Å². The Kier molecular flexibility index (Phi) is 7.80. The molecule has 4 rings (SSSR count). The van der Waals surface area contributed by atoms with Crippen LogP contribution in [0.2, 0.25) is 20.1 Å². The highest BCUT2D eigenvalue weighted by Crippen LogP contribution is 2.31. The van der Waals surface area contributed by atoms with Crippen molar-refractivity contribution in [1.29, 1.82) is 0 Å². The molecule has 0 aliphatic carbocycles. The normalized spacial score (nSPS) is 11.1. The summed E-state index contributed by atoms with van der Waals surface area (Å²) in [6.45, 7) is 0.319. The van der Waals surface area contributed by atoms with Crippen molar-refractivity contribution in [3.63, 3.8) is 0 Å². The Morgan fingerprint density at radius 2 is 1.68 bits per heavy atom. The zero-order valence-corrected chi connectivity index (χ0v) is 20.4. The molecule has 1 aromatic heterocycles. The van der Waals surface area contributed by atoms with Crippen LogP contribution in [0.4, 0.5) is 0 Å². The van der Waals surface area contributed by atoms with Crippen molar-refractivity contribution in [3.8, 4) is 17.1 Å². The van der Waals surface area contributed by atoms with Crippen LogP contribution in [0.25, 0.3) is 11.3 Å². The van der Waals surface area contributed by atoms with Crippen molar-refractivity contribution in [2.24, 2.45) is 5.10 Å². The molecular weight excluding hydrogens is 518 g/mol. The maximum Gasteiger partial charge on any atom is 0.271 e. The lowest BCUT2D eigenvalue weighted by Crippen LogP contribution is -2.17. The summed E-state index contributed by atoms with van der Waals surface area (Å²) in [6.07, 6.45) is 1.40. The topological polar surface area (TPSA) is 63.8 Å². The molecule has 3 aromatic carbocycles. The van der Waals surface area contributed by atoms with Crippen molar-refractivity contribution in [2.75, 3.05) is 0 Å². The number of amides is 1. The predicted molar refractivity (Wildman–Crippen MR) is 136 cm³/mol. The standard InChI is InChI=1S/C25H16Cl4N2O3/c26-17-4-8-20(22(28)12-17)24-10-7-19(34-24)13-30-31-25(32)16-2-5-18(6-3-16)33-14-15-1-9-21(27)23(29)11-15/h1-13H,14H2,(H,31,32)/b30-13+. The molecule has 0 unspecified atom stereocenters. The van der Waals surface area contributed by atoms with Crippen molar-refractivity contribution in [1.82, 2.24) is 5.43 Å². The second kappa shape index (κ2) is 11.0. The van der Waals surface area contributed by atoms with E-state index in [1.54, 1.807) is 66.7 Å². The second-order valence-electron chi connectivity index (χ2n) is 7.09. The molecule has 1 N–H and O–H groups in total. The summed E-state index contributed by atoms with van der Waals surface area (Å²) in [7, 11) is 0. The van der Waals surface area contributed by atoms with E-state index in [4.69, 9.17) is 55.6 Å². The van der Waals surface area contributed by atoms with Crippen LogP contribution in [0, 0.1) is 0 Å². The summed E-state index contributed by atoms with van der Waals surface area (Å²) < 4.78 is 11.4. The number of carbonyl (C=O) groups excluding carboxylic acids is 1. The summed E-state index contributed by atoms with van der Waals surface area (Å²) in [5.74, 6) is 1.24. The predicted octanol–water partition coefficient (Wildman–Crippen LogP) is 7.90. The van der Waals surface area contributed by atoms with E-state index >= 15 is 0 Å². The Hall–Kier alpha value is -2.96. The highest BCUT2D eigenvalue weighted by atomic mass is 35.5. The molecule has 0 aliphatic rings. The average molecular weight is 534 g/mol. The fourth-order valence-corrected chi connectivity index (χ4v) is 3.80. The Morgan fingerprint density at radius 3 is 2.41 bits per heavy atom. The molecule has 0 aliphatic heterocycles. The number of ether oxygens (including phenoxy) is 1. The smallest absolute Gasteiger partial charge is 0.271 e. The summed E-state index contributed by atoms with van der Waals surface area (Å²) in [5.41, 5.74) is 4.47. The van der Waals surface area contributed by atoms with Gasteiger partial charge in [-0.3, -0.25) is 4.79 Å². The van der Waals surface area contributed by atoms with Crippen LogP contribution in [0.1, 0.15) is 21.7 Å². The lowest BCUT2D eigenvalue weighted by molar-refractivity contribution is 0.0955. The van der Waals surface area contributed by atoms with Gasteiger partial charge in [0.05, 0.1) is 21.3 Å². The number of hydrazone groups is 1. The number of hydrogen-bond acceptors (Lipinski definition) is 4. The van der Waals surface area contributed by atoms with Gasteiger partial charge in [-0.15, -0.1) is 0 Å². The van der Waals surface area contributed by atoms with Gasteiger partial charge in [-0.1, -0.05) is 52.5 Å². The highest BCUT2D eigenvalue weighted by Gasteiger charge is 2.09. The third-order valence-corrected chi connectivity index (χ3v) is 5.97. The van der Waals surface area contributed by atoms with Gasteiger partial charge >= 0.3 is 0 Å². The third kappa shape index (κ3) is 6.13. The van der Waals surface area contributed by atoms with Crippen molar-refractivity contribution in [2.45, 2.75) is 6.61 Å². The van der Waals surface area contributed by atoms with Gasteiger partial charge in [0.15, 0.2) is 0 Å². The first-order valence-corrected chi connectivity index (χ1v) is 11.5. The van der Waals surface area contributed by atoms with Crippen molar-refractivity contribution >= 4 is 58.5 Å². The average Bonchev–Trinajstić information content (AvgIpc) is 3.28. The maximum atomic E-state index is 12.3. The number of hydrogen-bond donors (Lipinski definition) is 1. The summed E-state index contributed by atoms with van der Waals surface area (Å²) in [5, 5.41) is 5.92. The van der Waals surface area contributed by atoms with Crippen LogP contribution in [-0.2, 0) is 6.61 Å². The van der Waals surface area contributed by atoms with E-state index in [1.807, 2.05) is 6.07 Å². The molecule has 0 saturated carbocycles. The summed E-state index contributed by atoms with van der Waals surface area (Å²) in [4.78, 5) is 12.3. The molecule has 1 heterocycles. The molecular formula is C25H16Cl4N2O3. The Balaban J connectivity index is 1.31. The van der Waals surface area contributed by atoms with E-state index in [0.29, 0.717) is 55.1 Å². The van der Waals surface area contributed by atoms with Gasteiger partial charge in [0, 0.05) is 16.1 Å². The molecule has 0 bridgehead atoms. The molecule has 0 saturated heterocycles. The number of nitrogens with zero attached hydrogens (tertiary/aromatic N) is 1. The summed E-state index contributed by atoms with van der Waals surface area (Å²) in [6, 6.07) is 20.6. The largest absolute Gasteiger partial charge is 0.489 e. The molecule has 0 radical (unpaired) electrons. The lowest BCUT2D eigenvalue weighted by atomic mass is 10.2.